The molecular formula is C18H32N2O3. The Balaban J connectivity index is 1.58. The minimum absolute atomic E-state index is 0.0470. The molecule has 1 saturated carbocycles. The molecule has 5 nitrogen and oxygen atoms in total. The molecule has 1 saturated heterocycles. The van der Waals surface area contributed by atoms with E-state index in [4.69, 9.17) is 5.73 Å². The van der Waals surface area contributed by atoms with E-state index >= 15 is 0 Å². The molecule has 132 valence electrons. The van der Waals surface area contributed by atoms with Crippen LogP contribution in [0.2, 0.25) is 0 Å². The highest BCUT2D eigenvalue weighted by Crippen LogP contribution is 2.28. The number of hydrogen-bond acceptors (Lipinski definition) is 4. The Morgan fingerprint density at radius 2 is 1.74 bits per heavy atom. The number of likely N-dealkylation sites (tertiary alicyclic amines) is 1. The lowest BCUT2D eigenvalue weighted by molar-refractivity contribution is -0.140. The van der Waals surface area contributed by atoms with Gasteiger partial charge in [0.25, 0.3) is 0 Å². The van der Waals surface area contributed by atoms with Crippen LogP contribution in [0.4, 0.5) is 0 Å². The van der Waals surface area contributed by atoms with Crippen molar-refractivity contribution >= 4 is 11.8 Å². The second kappa shape index (κ2) is 8.78. The van der Waals surface area contributed by atoms with Gasteiger partial charge in [-0.25, -0.2) is 0 Å². The third-order valence-corrected chi connectivity index (χ3v) is 5.43. The van der Waals surface area contributed by atoms with Gasteiger partial charge in [0, 0.05) is 24.9 Å². The highest BCUT2D eigenvalue weighted by molar-refractivity contribution is 6.02. The van der Waals surface area contributed by atoms with Crippen LogP contribution in [0, 0.1) is 5.92 Å². The standard InChI is InChI=1S/C18H32N2O3/c1-13(20-17(22)10-11-18(20)23)12-15(19)5-3-2-4-14-6-8-16(21)9-7-14/h13-16,21H,2-12,19H2,1H3. The number of rotatable bonds is 8. The fourth-order valence-corrected chi connectivity index (χ4v) is 4.02. The molecule has 2 rings (SSSR count). The minimum atomic E-state index is -0.0765. The normalized spacial score (nSPS) is 28.2. The van der Waals surface area contributed by atoms with Gasteiger partial charge in [-0.1, -0.05) is 19.3 Å². The van der Waals surface area contributed by atoms with Crippen molar-refractivity contribution in [1.29, 1.82) is 0 Å². The summed E-state index contributed by atoms with van der Waals surface area (Å²) in [6.45, 7) is 1.92. The Hall–Kier alpha value is -0.940. The summed E-state index contributed by atoms with van der Waals surface area (Å²) in [4.78, 5) is 24.8. The molecule has 0 aromatic heterocycles. The zero-order chi connectivity index (χ0) is 16.8. The lowest BCUT2D eigenvalue weighted by Gasteiger charge is -2.26. The summed E-state index contributed by atoms with van der Waals surface area (Å²) in [5.74, 6) is 0.678. The number of aliphatic hydroxyl groups is 1. The molecule has 5 heteroatoms. The fraction of sp³-hybridized carbons (Fsp3) is 0.889. The number of imide groups is 1. The highest BCUT2D eigenvalue weighted by Gasteiger charge is 2.33. The molecule has 2 atom stereocenters. The van der Waals surface area contributed by atoms with Gasteiger partial charge in [0.05, 0.1) is 6.10 Å². The van der Waals surface area contributed by atoms with E-state index in [1.54, 1.807) is 0 Å². The van der Waals surface area contributed by atoms with Gasteiger partial charge in [-0.3, -0.25) is 14.5 Å². The first-order valence-corrected chi connectivity index (χ1v) is 9.26. The molecule has 1 aliphatic carbocycles. The fourth-order valence-electron chi connectivity index (χ4n) is 4.02. The Bertz CT molecular complexity index is 389. The van der Waals surface area contributed by atoms with Crippen molar-refractivity contribution in [3.8, 4) is 0 Å². The van der Waals surface area contributed by atoms with E-state index in [-0.39, 0.29) is 30.0 Å². The number of carbonyl (C=O) groups is 2. The third-order valence-electron chi connectivity index (χ3n) is 5.43. The van der Waals surface area contributed by atoms with Gasteiger partial charge >= 0.3 is 0 Å². The van der Waals surface area contributed by atoms with E-state index in [1.165, 1.54) is 17.7 Å². The lowest BCUT2D eigenvalue weighted by atomic mass is 9.84. The van der Waals surface area contributed by atoms with Gasteiger partial charge in [-0.15, -0.1) is 0 Å². The molecule has 0 spiro atoms. The molecule has 23 heavy (non-hydrogen) atoms. The molecule has 1 aliphatic heterocycles. The molecule has 2 unspecified atom stereocenters. The molecule has 2 amide bonds. The van der Waals surface area contributed by atoms with E-state index in [9.17, 15) is 14.7 Å². The number of carbonyl (C=O) groups excluding carboxylic acids is 2. The first-order valence-electron chi connectivity index (χ1n) is 9.26. The molecule has 0 aromatic carbocycles. The zero-order valence-electron chi connectivity index (χ0n) is 14.4. The molecule has 2 aliphatic rings. The predicted octanol–water partition coefficient (Wildman–Crippen LogP) is 2.35. The van der Waals surface area contributed by atoms with Crippen LogP contribution >= 0.6 is 0 Å². The number of amides is 2. The van der Waals surface area contributed by atoms with Crippen LogP contribution in [-0.4, -0.2) is 40.0 Å². The van der Waals surface area contributed by atoms with Crippen molar-refractivity contribution < 1.29 is 14.7 Å². The number of aliphatic hydroxyl groups excluding tert-OH is 1. The van der Waals surface area contributed by atoms with Crippen molar-refractivity contribution in [3.05, 3.63) is 0 Å². The first kappa shape index (κ1) is 18.4. The quantitative estimate of drug-likeness (QED) is 0.530. The Kier molecular flexibility index (Phi) is 7.03. The van der Waals surface area contributed by atoms with Crippen LogP contribution in [0.3, 0.4) is 0 Å². The number of nitrogens with two attached hydrogens (primary N) is 1. The number of unbranched alkanes of at least 4 members (excludes halogenated alkanes) is 1. The lowest BCUT2D eigenvalue weighted by Crippen LogP contribution is -2.41. The summed E-state index contributed by atoms with van der Waals surface area (Å²) in [5.41, 5.74) is 6.19. The summed E-state index contributed by atoms with van der Waals surface area (Å²) in [7, 11) is 0. The van der Waals surface area contributed by atoms with Crippen LogP contribution in [-0.2, 0) is 9.59 Å². The van der Waals surface area contributed by atoms with E-state index in [2.05, 4.69) is 0 Å². The molecule has 0 radical (unpaired) electrons. The van der Waals surface area contributed by atoms with Gasteiger partial charge < -0.3 is 10.8 Å². The molecule has 1 heterocycles. The molecule has 0 aromatic rings. The second-order valence-corrected chi connectivity index (χ2v) is 7.46. The average Bonchev–Trinajstić information content (AvgIpc) is 2.84. The van der Waals surface area contributed by atoms with Gasteiger partial charge in [-0.2, -0.15) is 0 Å². The summed E-state index contributed by atoms with van der Waals surface area (Å²) >= 11 is 0. The Morgan fingerprint density at radius 3 is 2.35 bits per heavy atom. The van der Waals surface area contributed by atoms with Gasteiger partial charge in [-0.05, 0) is 51.4 Å². The second-order valence-electron chi connectivity index (χ2n) is 7.46. The van der Waals surface area contributed by atoms with E-state index in [0.29, 0.717) is 19.3 Å². The molecular weight excluding hydrogens is 292 g/mol. The van der Waals surface area contributed by atoms with Crippen LogP contribution in [0.25, 0.3) is 0 Å². The van der Waals surface area contributed by atoms with Gasteiger partial charge in [0.1, 0.15) is 0 Å². The third kappa shape index (κ3) is 5.57. The van der Waals surface area contributed by atoms with Gasteiger partial charge in [0.15, 0.2) is 0 Å². The van der Waals surface area contributed by atoms with Crippen LogP contribution < -0.4 is 5.73 Å². The van der Waals surface area contributed by atoms with Gasteiger partial charge in [0.2, 0.25) is 11.8 Å². The van der Waals surface area contributed by atoms with Crippen LogP contribution in [0.5, 0.6) is 0 Å². The first-order chi connectivity index (χ1) is 11.0. The maximum Gasteiger partial charge on any atom is 0.229 e. The maximum absolute atomic E-state index is 11.7. The summed E-state index contributed by atoms with van der Waals surface area (Å²) in [6.07, 6.45) is 10.0. The Morgan fingerprint density at radius 1 is 1.13 bits per heavy atom. The summed E-state index contributed by atoms with van der Waals surface area (Å²) < 4.78 is 0. The van der Waals surface area contributed by atoms with E-state index < -0.39 is 0 Å². The molecule has 2 fully saturated rings. The van der Waals surface area contributed by atoms with Crippen LogP contribution in [0.1, 0.15) is 77.6 Å². The van der Waals surface area contributed by atoms with Crippen LogP contribution in [0.15, 0.2) is 0 Å². The highest BCUT2D eigenvalue weighted by atomic mass is 16.3. The number of hydrogen-bond donors (Lipinski definition) is 2. The van der Waals surface area contributed by atoms with Crippen molar-refractivity contribution in [2.24, 2.45) is 11.7 Å². The van der Waals surface area contributed by atoms with E-state index in [1.807, 2.05) is 6.92 Å². The van der Waals surface area contributed by atoms with Crippen molar-refractivity contribution in [1.82, 2.24) is 4.90 Å². The predicted molar refractivity (Wildman–Crippen MR) is 89.6 cm³/mol. The van der Waals surface area contributed by atoms with Crippen molar-refractivity contribution in [2.75, 3.05) is 0 Å². The summed E-state index contributed by atoms with van der Waals surface area (Å²) in [5, 5.41) is 9.51. The topological polar surface area (TPSA) is 83.6 Å². The summed E-state index contributed by atoms with van der Waals surface area (Å²) in [6, 6.07) is -0.0216. The SMILES string of the molecule is CC(CC(N)CCCCC1CCC(O)CC1)N1C(=O)CCC1=O. The number of nitrogens with zero attached hydrogens (tertiary/aromatic N) is 1. The smallest absolute Gasteiger partial charge is 0.229 e. The molecule has 0 bridgehead atoms. The van der Waals surface area contributed by atoms with Crippen molar-refractivity contribution in [3.63, 3.8) is 0 Å². The Labute approximate surface area is 139 Å². The average molecular weight is 324 g/mol. The minimum Gasteiger partial charge on any atom is -0.393 e. The monoisotopic (exact) mass is 324 g/mol. The van der Waals surface area contributed by atoms with Crippen molar-refractivity contribution in [2.45, 2.75) is 95.7 Å². The van der Waals surface area contributed by atoms with E-state index in [0.717, 1.165) is 44.4 Å². The largest absolute Gasteiger partial charge is 0.393 e. The molecule has 3 N–H and O–H groups in total. The zero-order valence-corrected chi connectivity index (χ0v) is 14.4. The maximum atomic E-state index is 11.7.